The normalized spacial score (nSPS) is 24.7. The average Bonchev–Trinajstić information content (AvgIpc) is 2.42. The first-order valence-corrected chi connectivity index (χ1v) is 5.42. The van der Waals surface area contributed by atoms with E-state index in [9.17, 15) is 19.4 Å². The van der Waals surface area contributed by atoms with Crippen LogP contribution in [-0.2, 0) is 18.6 Å². The van der Waals surface area contributed by atoms with Crippen molar-refractivity contribution in [2.45, 2.75) is 12.2 Å². The summed E-state index contributed by atoms with van der Waals surface area (Å²) in [5.41, 5.74) is 0. The summed E-state index contributed by atoms with van der Waals surface area (Å²) >= 11 is 0. The van der Waals surface area contributed by atoms with Crippen molar-refractivity contribution in [1.29, 1.82) is 0 Å². The average molecular weight is 278 g/mol. The molecular formula is C6H8NaO9P. The van der Waals surface area contributed by atoms with Crippen molar-refractivity contribution in [3.63, 3.8) is 0 Å². The van der Waals surface area contributed by atoms with Gasteiger partial charge in [0.15, 0.2) is 11.9 Å². The predicted molar refractivity (Wildman–Crippen MR) is 43.5 cm³/mol. The van der Waals surface area contributed by atoms with Crippen molar-refractivity contribution in [3.05, 3.63) is 11.5 Å². The van der Waals surface area contributed by atoms with Crippen LogP contribution in [0.2, 0.25) is 0 Å². The van der Waals surface area contributed by atoms with Crippen molar-refractivity contribution in [2.75, 3.05) is 6.61 Å². The molecule has 0 amide bonds. The summed E-state index contributed by atoms with van der Waals surface area (Å²) in [6.07, 6.45) is -3.26. The number of cyclic esters (lactones) is 1. The van der Waals surface area contributed by atoms with Gasteiger partial charge in [-0.1, -0.05) is 0 Å². The van der Waals surface area contributed by atoms with Gasteiger partial charge in [0, 0.05) is 0 Å². The minimum atomic E-state index is -5.27. The van der Waals surface area contributed by atoms with Gasteiger partial charge in [0.05, 0.1) is 6.61 Å². The van der Waals surface area contributed by atoms with Crippen LogP contribution in [-0.4, -0.2) is 45.0 Å². The van der Waals surface area contributed by atoms with Crippen molar-refractivity contribution >= 4 is 13.8 Å². The number of esters is 1. The van der Waals surface area contributed by atoms with E-state index in [2.05, 4.69) is 9.26 Å². The van der Waals surface area contributed by atoms with Crippen LogP contribution < -0.4 is 34.5 Å². The van der Waals surface area contributed by atoms with Crippen LogP contribution in [0.5, 0.6) is 0 Å². The maximum atomic E-state index is 11.0. The maximum absolute atomic E-state index is 11.0. The summed E-state index contributed by atoms with van der Waals surface area (Å²) in [5.74, 6) is -3.53. The van der Waals surface area contributed by atoms with Crippen molar-refractivity contribution in [2.24, 2.45) is 0 Å². The Kier molecular flexibility index (Phi) is 6.12. The molecule has 0 fully saturated rings. The first-order valence-electron chi connectivity index (χ1n) is 3.92. The third-order valence-electron chi connectivity index (χ3n) is 1.66. The fourth-order valence-electron chi connectivity index (χ4n) is 1.01. The number of phosphoric acid groups is 1. The zero-order chi connectivity index (χ0) is 12.5. The molecule has 1 rings (SSSR count). The smallest absolute Gasteiger partial charge is 0.746 e. The first-order chi connectivity index (χ1) is 7.26. The molecule has 0 aromatic carbocycles. The number of aliphatic hydroxyl groups excluding tert-OH is 3. The molecule has 17 heavy (non-hydrogen) atoms. The zero-order valence-electron chi connectivity index (χ0n) is 8.64. The molecule has 0 bridgehead atoms. The second-order valence-corrected chi connectivity index (χ2v) is 3.97. The van der Waals surface area contributed by atoms with Crippen LogP contribution in [0.1, 0.15) is 0 Å². The number of carbonyl (C=O) groups excluding carboxylic acids is 1. The van der Waals surface area contributed by atoms with Crippen LogP contribution >= 0.6 is 7.82 Å². The quantitative estimate of drug-likeness (QED) is 0.224. The van der Waals surface area contributed by atoms with Gasteiger partial charge in [-0.05, 0) is 0 Å². The Balaban J connectivity index is 0.00000256. The third-order valence-corrected chi connectivity index (χ3v) is 2.08. The van der Waals surface area contributed by atoms with E-state index in [1.807, 2.05) is 0 Å². The standard InChI is InChI=1S/C6H9O9P.Na/c7-1-2(8)4-3(9)5(6(10)14-4)15-16(11,12)13;/h2,4,7-9H,1H2,(H2,11,12,13);/q;+1/p-1/t2-,4-;/m1./s1. The number of hydrogen-bond acceptors (Lipinski definition) is 8. The summed E-state index contributed by atoms with van der Waals surface area (Å²) in [4.78, 5) is 29.6. The molecule has 0 spiro atoms. The number of ether oxygens (including phenoxy) is 1. The summed E-state index contributed by atoms with van der Waals surface area (Å²) in [6.45, 7) is -0.830. The van der Waals surface area contributed by atoms with E-state index in [0.717, 1.165) is 0 Å². The molecule has 0 saturated heterocycles. The monoisotopic (exact) mass is 278 g/mol. The van der Waals surface area contributed by atoms with Crippen LogP contribution in [0.3, 0.4) is 0 Å². The molecule has 11 heteroatoms. The molecule has 1 unspecified atom stereocenters. The van der Waals surface area contributed by atoms with Gasteiger partial charge in [-0.2, -0.15) is 0 Å². The Labute approximate surface area is 117 Å². The molecule has 92 valence electrons. The first kappa shape index (κ1) is 16.9. The fraction of sp³-hybridized carbons (Fsp3) is 0.500. The van der Waals surface area contributed by atoms with Crippen LogP contribution in [0, 0.1) is 0 Å². The van der Waals surface area contributed by atoms with E-state index in [4.69, 9.17) is 15.1 Å². The van der Waals surface area contributed by atoms with Gasteiger partial charge in [-0.15, -0.1) is 0 Å². The van der Waals surface area contributed by atoms with E-state index < -0.39 is 44.1 Å². The summed E-state index contributed by atoms with van der Waals surface area (Å²) in [6, 6.07) is 0. The largest absolute Gasteiger partial charge is 1.00 e. The van der Waals surface area contributed by atoms with Gasteiger partial charge in [-0.25, -0.2) is 4.79 Å². The van der Waals surface area contributed by atoms with Crippen molar-refractivity contribution in [1.82, 2.24) is 0 Å². The number of carbonyl (C=O) groups is 1. The van der Waals surface area contributed by atoms with E-state index in [1.54, 1.807) is 0 Å². The molecule has 4 N–H and O–H groups in total. The molecule has 0 aromatic heterocycles. The number of phosphoric ester groups is 1. The molecular weight excluding hydrogens is 270 g/mol. The Hall–Kier alpha value is -0.120. The molecule has 1 aliphatic heterocycles. The second-order valence-electron chi connectivity index (χ2n) is 2.85. The molecule has 9 nitrogen and oxygen atoms in total. The molecule has 0 aliphatic carbocycles. The van der Waals surface area contributed by atoms with Gasteiger partial charge in [0.1, 0.15) is 6.10 Å². The zero-order valence-corrected chi connectivity index (χ0v) is 11.5. The third kappa shape index (κ3) is 4.23. The molecule has 0 aromatic rings. The topological polar surface area (TPSA) is 157 Å². The van der Waals surface area contributed by atoms with Crippen LogP contribution in [0.4, 0.5) is 0 Å². The van der Waals surface area contributed by atoms with Gasteiger partial charge < -0.3 is 34.4 Å². The van der Waals surface area contributed by atoms with Gasteiger partial charge in [0.2, 0.25) is 0 Å². The SMILES string of the molecule is O=C1O[C@H]([C@H](O)CO)C(O)=C1OP(=O)([O-])O.[Na+]. The molecule has 3 atom stereocenters. The summed E-state index contributed by atoms with van der Waals surface area (Å²) in [5, 5.41) is 26.9. The minimum Gasteiger partial charge on any atom is -0.746 e. The van der Waals surface area contributed by atoms with E-state index in [1.165, 1.54) is 0 Å². The predicted octanol–water partition coefficient (Wildman–Crippen LogP) is -5.48. The van der Waals surface area contributed by atoms with Gasteiger partial charge in [0.25, 0.3) is 5.76 Å². The van der Waals surface area contributed by atoms with Gasteiger partial charge >= 0.3 is 43.3 Å². The van der Waals surface area contributed by atoms with Gasteiger partial charge in [-0.3, -0.25) is 4.57 Å². The second kappa shape index (κ2) is 6.17. The molecule has 1 aliphatic rings. The van der Waals surface area contributed by atoms with Crippen LogP contribution in [0.15, 0.2) is 11.5 Å². The minimum absolute atomic E-state index is 0. The van der Waals surface area contributed by atoms with Crippen molar-refractivity contribution < 1.29 is 73.3 Å². The number of rotatable bonds is 4. The fourth-order valence-corrected chi connectivity index (χ4v) is 1.41. The Bertz CT molecular complexity index is 374. The Morgan fingerprint density at radius 3 is 2.53 bits per heavy atom. The van der Waals surface area contributed by atoms with Crippen molar-refractivity contribution in [3.8, 4) is 0 Å². The van der Waals surface area contributed by atoms with E-state index in [-0.39, 0.29) is 29.6 Å². The van der Waals surface area contributed by atoms with E-state index in [0.29, 0.717) is 0 Å². The number of hydrogen-bond donors (Lipinski definition) is 4. The molecule has 0 radical (unpaired) electrons. The number of aliphatic hydroxyl groups is 3. The molecule has 1 heterocycles. The Morgan fingerprint density at radius 2 is 2.12 bits per heavy atom. The van der Waals surface area contributed by atoms with E-state index >= 15 is 0 Å². The summed E-state index contributed by atoms with van der Waals surface area (Å²) < 4.78 is 18.4. The molecule has 0 saturated carbocycles. The Morgan fingerprint density at radius 1 is 1.59 bits per heavy atom. The van der Waals surface area contributed by atoms with Crippen LogP contribution in [0.25, 0.3) is 0 Å². The summed E-state index contributed by atoms with van der Waals surface area (Å²) in [7, 11) is -5.27. The maximum Gasteiger partial charge on any atom is 1.00 e.